The molecule has 4 nitrogen and oxygen atoms in total. The first-order chi connectivity index (χ1) is 7.20. The van der Waals surface area contributed by atoms with Crippen LogP contribution in [0.25, 0.3) is 0 Å². The smallest absolute Gasteiger partial charge is 0.191 e. The molecule has 0 bridgehead atoms. The lowest BCUT2D eigenvalue weighted by Gasteiger charge is -2.09. The van der Waals surface area contributed by atoms with Crippen LogP contribution < -0.4 is 5.32 Å². The summed E-state index contributed by atoms with van der Waals surface area (Å²) in [6.45, 7) is 1.99. The Hall–Kier alpha value is -0.550. The molecule has 0 aromatic carbocycles. The van der Waals surface area contributed by atoms with Gasteiger partial charge in [-0.25, -0.2) is 0 Å². The number of hydrogen-bond donors (Lipinski definition) is 1. The Bertz CT molecular complexity index is 336. The Morgan fingerprint density at radius 3 is 2.73 bits per heavy atom. The van der Waals surface area contributed by atoms with Crippen molar-refractivity contribution in [2.75, 3.05) is 7.05 Å². The fourth-order valence-corrected chi connectivity index (χ4v) is 3.21. The second kappa shape index (κ2) is 4.53. The normalized spacial score (nSPS) is 26.1. The molecule has 15 heavy (non-hydrogen) atoms. The van der Waals surface area contributed by atoms with E-state index < -0.39 is 0 Å². The molecule has 1 N–H and O–H groups in total. The van der Waals surface area contributed by atoms with Gasteiger partial charge < -0.3 is 9.88 Å². The summed E-state index contributed by atoms with van der Waals surface area (Å²) in [6, 6.07) is 0.692. The SMILES string of the molecule is CNC1CCC(Sc2nnc(C)n2C)C1. The summed E-state index contributed by atoms with van der Waals surface area (Å²) in [7, 11) is 4.08. The van der Waals surface area contributed by atoms with Gasteiger partial charge in [0, 0.05) is 18.3 Å². The Labute approximate surface area is 94.8 Å². The molecular weight excluding hydrogens is 208 g/mol. The highest BCUT2D eigenvalue weighted by molar-refractivity contribution is 7.99. The van der Waals surface area contributed by atoms with Crippen molar-refractivity contribution in [2.45, 2.75) is 42.6 Å². The third-order valence-corrected chi connectivity index (χ3v) is 4.45. The van der Waals surface area contributed by atoms with Gasteiger partial charge in [-0.15, -0.1) is 10.2 Å². The summed E-state index contributed by atoms with van der Waals surface area (Å²) >= 11 is 1.87. The number of aromatic nitrogens is 3. The monoisotopic (exact) mass is 226 g/mol. The standard InChI is InChI=1S/C10H18N4S/c1-7-12-13-10(14(7)3)15-9-5-4-8(6-9)11-2/h8-9,11H,4-6H2,1-3H3. The molecule has 0 saturated heterocycles. The van der Waals surface area contributed by atoms with Crippen molar-refractivity contribution < 1.29 is 0 Å². The summed E-state index contributed by atoms with van der Waals surface area (Å²) in [6.07, 6.45) is 3.81. The zero-order chi connectivity index (χ0) is 10.8. The molecule has 1 aliphatic carbocycles. The number of rotatable bonds is 3. The van der Waals surface area contributed by atoms with Crippen LogP contribution in [0, 0.1) is 6.92 Å². The van der Waals surface area contributed by atoms with Crippen LogP contribution in [-0.4, -0.2) is 33.1 Å². The quantitative estimate of drug-likeness (QED) is 0.845. The van der Waals surface area contributed by atoms with E-state index >= 15 is 0 Å². The van der Waals surface area contributed by atoms with Crippen LogP contribution in [0.5, 0.6) is 0 Å². The number of thioether (sulfide) groups is 1. The topological polar surface area (TPSA) is 42.7 Å². The van der Waals surface area contributed by atoms with Crippen molar-refractivity contribution in [2.24, 2.45) is 7.05 Å². The van der Waals surface area contributed by atoms with Crippen LogP contribution in [0.15, 0.2) is 5.16 Å². The minimum atomic E-state index is 0.692. The van der Waals surface area contributed by atoms with Gasteiger partial charge in [0.25, 0.3) is 0 Å². The number of aryl methyl sites for hydroxylation is 1. The molecule has 2 unspecified atom stereocenters. The van der Waals surface area contributed by atoms with Crippen LogP contribution >= 0.6 is 11.8 Å². The van der Waals surface area contributed by atoms with Gasteiger partial charge in [0.2, 0.25) is 0 Å². The number of nitrogens with one attached hydrogen (secondary N) is 1. The highest BCUT2D eigenvalue weighted by Gasteiger charge is 2.25. The van der Waals surface area contributed by atoms with Crippen molar-refractivity contribution in [3.05, 3.63) is 5.82 Å². The van der Waals surface area contributed by atoms with Crippen LogP contribution in [0.3, 0.4) is 0 Å². The first-order valence-electron chi connectivity index (χ1n) is 5.40. The van der Waals surface area contributed by atoms with Crippen molar-refractivity contribution in [1.82, 2.24) is 20.1 Å². The van der Waals surface area contributed by atoms with E-state index in [1.807, 2.05) is 32.8 Å². The number of hydrogen-bond acceptors (Lipinski definition) is 4. The Balaban J connectivity index is 1.95. The molecule has 1 fully saturated rings. The molecule has 0 radical (unpaired) electrons. The molecule has 1 aromatic heterocycles. The molecular formula is C10H18N4S. The highest BCUT2D eigenvalue weighted by atomic mass is 32.2. The van der Waals surface area contributed by atoms with Crippen molar-refractivity contribution >= 4 is 11.8 Å². The summed E-state index contributed by atoms with van der Waals surface area (Å²) in [4.78, 5) is 0. The minimum Gasteiger partial charge on any atom is -0.317 e. The molecule has 1 saturated carbocycles. The second-order valence-corrected chi connectivity index (χ2v) is 5.39. The Morgan fingerprint density at radius 1 is 1.40 bits per heavy atom. The van der Waals surface area contributed by atoms with Gasteiger partial charge in [-0.1, -0.05) is 11.8 Å². The molecule has 1 heterocycles. The van der Waals surface area contributed by atoms with E-state index in [0.717, 1.165) is 11.0 Å². The fourth-order valence-electron chi connectivity index (χ4n) is 1.95. The lowest BCUT2D eigenvalue weighted by Crippen LogP contribution is -2.21. The highest BCUT2D eigenvalue weighted by Crippen LogP contribution is 2.33. The first kappa shape index (κ1) is 11.0. The molecule has 0 amide bonds. The van der Waals surface area contributed by atoms with E-state index in [1.54, 1.807) is 0 Å². The van der Waals surface area contributed by atoms with Gasteiger partial charge in [-0.2, -0.15) is 0 Å². The third kappa shape index (κ3) is 2.34. The van der Waals surface area contributed by atoms with E-state index in [-0.39, 0.29) is 0 Å². The second-order valence-electron chi connectivity index (χ2n) is 4.13. The maximum atomic E-state index is 4.19. The average Bonchev–Trinajstić information content (AvgIpc) is 2.80. The van der Waals surface area contributed by atoms with Crippen LogP contribution in [0.2, 0.25) is 0 Å². The predicted octanol–water partition coefficient (Wildman–Crippen LogP) is 1.36. The maximum Gasteiger partial charge on any atom is 0.191 e. The van der Waals surface area contributed by atoms with Crippen LogP contribution in [0.1, 0.15) is 25.1 Å². The van der Waals surface area contributed by atoms with Gasteiger partial charge in [-0.05, 0) is 33.2 Å². The molecule has 0 spiro atoms. The zero-order valence-corrected chi connectivity index (χ0v) is 10.3. The minimum absolute atomic E-state index is 0.692. The molecule has 1 aliphatic rings. The number of nitrogens with zero attached hydrogens (tertiary/aromatic N) is 3. The van der Waals surface area contributed by atoms with Crippen LogP contribution in [0.4, 0.5) is 0 Å². The summed E-state index contributed by atoms with van der Waals surface area (Å²) in [5, 5.41) is 13.4. The van der Waals surface area contributed by atoms with E-state index in [2.05, 4.69) is 20.1 Å². The summed E-state index contributed by atoms with van der Waals surface area (Å²) in [5.41, 5.74) is 0. The van der Waals surface area contributed by atoms with E-state index in [9.17, 15) is 0 Å². The van der Waals surface area contributed by atoms with Gasteiger partial charge >= 0.3 is 0 Å². The van der Waals surface area contributed by atoms with Gasteiger partial charge in [0.15, 0.2) is 5.16 Å². The maximum absolute atomic E-state index is 4.19. The third-order valence-electron chi connectivity index (χ3n) is 3.12. The van der Waals surface area contributed by atoms with Crippen LogP contribution in [-0.2, 0) is 7.05 Å². The lowest BCUT2D eigenvalue weighted by molar-refractivity contribution is 0.583. The van der Waals surface area contributed by atoms with Crippen molar-refractivity contribution in [3.8, 4) is 0 Å². The predicted molar refractivity (Wildman–Crippen MR) is 62.1 cm³/mol. The summed E-state index contributed by atoms with van der Waals surface area (Å²) in [5.74, 6) is 0.987. The van der Waals surface area contributed by atoms with E-state index in [4.69, 9.17) is 0 Å². The molecule has 5 heteroatoms. The van der Waals surface area contributed by atoms with Gasteiger partial charge in [0.05, 0.1) is 0 Å². The Kier molecular flexibility index (Phi) is 3.31. The Morgan fingerprint density at radius 2 is 2.20 bits per heavy atom. The largest absolute Gasteiger partial charge is 0.317 e. The average molecular weight is 226 g/mol. The van der Waals surface area contributed by atoms with Gasteiger partial charge in [-0.3, -0.25) is 0 Å². The molecule has 1 aromatic rings. The molecule has 2 rings (SSSR count). The van der Waals surface area contributed by atoms with Crippen molar-refractivity contribution in [3.63, 3.8) is 0 Å². The fraction of sp³-hybridized carbons (Fsp3) is 0.800. The van der Waals surface area contributed by atoms with E-state index in [1.165, 1.54) is 19.3 Å². The van der Waals surface area contributed by atoms with E-state index in [0.29, 0.717) is 11.3 Å². The zero-order valence-electron chi connectivity index (χ0n) is 9.53. The molecule has 0 aliphatic heterocycles. The van der Waals surface area contributed by atoms with Gasteiger partial charge in [0.1, 0.15) is 5.82 Å². The summed E-state index contributed by atoms with van der Waals surface area (Å²) < 4.78 is 2.07. The van der Waals surface area contributed by atoms with Crippen molar-refractivity contribution in [1.29, 1.82) is 0 Å². The lowest BCUT2D eigenvalue weighted by atomic mass is 10.3. The molecule has 84 valence electrons. The molecule has 2 atom stereocenters. The first-order valence-corrected chi connectivity index (χ1v) is 6.28.